The molecule has 2 rings (SSSR count). The molecule has 18 heavy (non-hydrogen) atoms. The Labute approximate surface area is 112 Å². The van der Waals surface area contributed by atoms with Gasteiger partial charge in [0.1, 0.15) is 0 Å². The number of hydrogen-bond acceptors (Lipinski definition) is 1. The van der Waals surface area contributed by atoms with Gasteiger partial charge in [-0.2, -0.15) is 0 Å². The molecule has 0 aromatic heterocycles. The van der Waals surface area contributed by atoms with Crippen LogP contribution >= 0.6 is 0 Å². The highest BCUT2D eigenvalue weighted by Gasteiger charge is 2.28. The number of benzene rings is 1. The molecule has 1 atom stereocenters. The summed E-state index contributed by atoms with van der Waals surface area (Å²) < 4.78 is 0. The molecule has 1 aliphatic carbocycles. The van der Waals surface area contributed by atoms with E-state index in [9.17, 15) is 0 Å². The first-order valence-electron chi connectivity index (χ1n) is 7.55. The van der Waals surface area contributed by atoms with Crippen molar-refractivity contribution in [1.29, 1.82) is 0 Å². The zero-order valence-corrected chi connectivity index (χ0v) is 11.7. The van der Waals surface area contributed by atoms with Gasteiger partial charge in [0.25, 0.3) is 0 Å². The van der Waals surface area contributed by atoms with Gasteiger partial charge < -0.3 is 5.73 Å². The molecule has 0 heterocycles. The number of rotatable bonds is 5. The van der Waals surface area contributed by atoms with Crippen LogP contribution < -0.4 is 5.73 Å². The van der Waals surface area contributed by atoms with Crippen molar-refractivity contribution in [2.24, 2.45) is 11.7 Å². The van der Waals surface area contributed by atoms with Crippen LogP contribution in [0.25, 0.3) is 0 Å². The van der Waals surface area contributed by atoms with Crippen molar-refractivity contribution in [3.05, 3.63) is 35.9 Å². The summed E-state index contributed by atoms with van der Waals surface area (Å²) >= 11 is 0. The van der Waals surface area contributed by atoms with Gasteiger partial charge in [-0.25, -0.2) is 0 Å². The first-order valence-corrected chi connectivity index (χ1v) is 7.55. The molecule has 1 aliphatic rings. The Bertz CT molecular complexity index is 340. The Kier molecular flexibility index (Phi) is 4.82. The average molecular weight is 245 g/mol. The normalized spacial score (nSPS) is 20.6. The van der Waals surface area contributed by atoms with E-state index in [0.717, 1.165) is 18.8 Å². The van der Waals surface area contributed by atoms with E-state index in [1.807, 2.05) is 0 Å². The Morgan fingerprint density at radius 1 is 1.11 bits per heavy atom. The fourth-order valence-electron chi connectivity index (χ4n) is 3.31. The minimum absolute atomic E-state index is 0.00333. The van der Waals surface area contributed by atoms with Crippen LogP contribution in [0, 0.1) is 5.92 Å². The van der Waals surface area contributed by atoms with Crippen LogP contribution in [0.1, 0.15) is 57.4 Å². The zero-order chi connectivity index (χ0) is 12.8. The highest BCUT2D eigenvalue weighted by Crippen LogP contribution is 2.32. The summed E-state index contributed by atoms with van der Waals surface area (Å²) in [6.45, 7) is 2.24. The second-order valence-electron chi connectivity index (χ2n) is 6.09. The second kappa shape index (κ2) is 6.38. The summed E-state index contributed by atoms with van der Waals surface area (Å²) in [6, 6.07) is 10.7. The molecule has 1 fully saturated rings. The van der Waals surface area contributed by atoms with Crippen molar-refractivity contribution in [1.82, 2.24) is 0 Å². The predicted octanol–water partition coefficient (Wildman–Crippen LogP) is 4.31. The van der Waals surface area contributed by atoms with E-state index in [0.29, 0.717) is 0 Å². The van der Waals surface area contributed by atoms with Gasteiger partial charge in [-0.05, 0) is 30.7 Å². The number of hydrogen-bond donors (Lipinski definition) is 1. The van der Waals surface area contributed by atoms with Gasteiger partial charge in [-0.1, -0.05) is 69.4 Å². The molecule has 1 unspecified atom stereocenters. The van der Waals surface area contributed by atoms with Gasteiger partial charge in [0.05, 0.1) is 0 Å². The Hall–Kier alpha value is -0.820. The summed E-state index contributed by atoms with van der Waals surface area (Å²) in [5.74, 6) is 0.868. The molecule has 2 N–H and O–H groups in total. The fraction of sp³-hybridized carbons (Fsp3) is 0.647. The van der Waals surface area contributed by atoms with Crippen LogP contribution in [0.2, 0.25) is 0 Å². The molecular formula is C17H27N. The van der Waals surface area contributed by atoms with Gasteiger partial charge in [0.15, 0.2) is 0 Å². The predicted molar refractivity (Wildman–Crippen MR) is 78.5 cm³/mol. The van der Waals surface area contributed by atoms with E-state index in [1.165, 1.54) is 44.1 Å². The third-order valence-corrected chi connectivity index (χ3v) is 4.52. The molecule has 1 aromatic carbocycles. The van der Waals surface area contributed by atoms with E-state index in [1.54, 1.807) is 0 Å². The van der Waals surface area contributed by atoms with Crippen molar-refractivity contribution in [3.63, 3.8) is 0 Å². The van der Waals surface area contributed by atoms with Crippen LogP contribution in [0.15, 0.2) is 30.3 Å². The molecule has 0 bridgehead atoms. The van der Waals surface area contributed by atoms with E-state index in [-0.39, 0.29) is 5.54 Å². The van der Waals surface area contributed by atoms with Gasteiger partial charge >= 0.3 is 0 Å². The lowest BCUT2D eigenvalue weighted by Gasteiger charge is -2.34. The lowest BCUT2D eigenvalue weighted by Crippen LogP contribution is -2.43. The molecule has 0 saturated heterocycles. The van der Waals surface area contributed by atoms with Gasteiger partial charge in [0, 0.05) is 5.54 Å². The van der Waals surface area contributed by atoms with Crippen molar-refractivity contribution in [2.75, 3.05) is 0 Å². The summed E-state index contributed by atoms with van der Waals surface area (Å²) in [4.78, 5) is 0. The van der Waals surface area contributed by atoms with Crippen molar-refractivity contribution < 1.29 is 0 Å². The van der Waals surface area contributed by atoms with Crippen molar-refractivity contribution >= 4 is 0 Å². The highest BCUT2D eigenvalue weighted by molar-refractivity contribution is 5.17. The minimum Gasteiger partial charge on any atom is -0.325 e. The van der Waals surface area contributed by atoms with Gasteiger partial charge in [0.2, 0.25) is 0 Å². The van der Waals surface area contributed by atoms with Crippen LogP contribution in [-0.4, -0.2) is 5.54 Å². The molecular weight excluding hydrogens is 218 g/mol. The van der Waals surface area contributed by atoms with E-state index in [4.69, 9.17) is 5.73 Å². The van der Waals surface area contributed by atoms with Crippen LogP contribution in [0.5, 0.6) is 0 Å². The SMILES string of the molecule is CCC(N)(Cc1ccccc1)CC1CCCCC1. The largest absolute Gasteiger partial charge is 0.325 e. The van der Waals surface area contributed by atoms with Crippen molar-refractivity contribution in [2.45, 2.75) is 63.8 Å². The molecule has 1 saturated carbocycles. The Morgan fingerprint density at radius 2 is 1.78 bits per heavy atom. The monoisotopic (exact) mass is 245 g/mol. The summed E-state index contributed by atoms with van der Waals surface area (Å²) in [7, 11) is 0. The maximum atomic E-state index is 6.66. The number of nitrogens with two attached hydrogens (primary N) is 1. The summed E-state index contributed by atoms with van der Waals surface area (Å²) in [6.07, 6.45) is 10.4. The lowest BCUT2D eigenvalue weighted by atomic mass is 9.76. The fourth-order valence-corrected chi connectivity index (χ4v) is 3.31. The maximum absolute atomic E-state index is 6.66. The first-order chi connectivity index (χ1) is 8.72. The summed E-state index contributed by atoms with van der Waals surface area (Å²) in [5, 5.41) is 0. The van der Waals surface area contributed by atoms with E-state index in [2.05, 4.69) is 37.3 Å². The molecule has 0 aliphatic heterocycles. The van der Waals surface area contributed by atoms with Crippen LogP contribution in [0.3, 0.4) is 0 Å². The first kappa shape index (κ1) is 13.6. The lowest BCUT2D eigenvalue weighted by molar-refractivity contribution is 0.250. The highest BCUT2D eigenvalue weighted by atomic mass is 14.7. The Balaban J connectivity index is 1.96. The quantitative estimate of drug-likeness (QED) is 0.822. The van der Waals surface area contributed by atoms with Gasteiger partial charge in [-0.15, -0.1) is 0 Å². The van der Waals surface area contributed by atoms with Gasteiger partial charge in [-0.3, -0.25) is 0 Å². The molecule has 0 amide bonds. The molecule has 100 valence electrons. The maximum Gasteiger partial charge on any atom is 0.0195 e. The molecule has 0 spiro atoms. The zero-order valence-electron chi connectivity index (χ0n) is 11.7. The molecule has 1 nitrogen and oxygen atoms in total. The van der Waals surface area contributed by atoms with Crippen LogP contribution in [-0.2, 0) is 6.42 Å². The molecule has 1 aromatic rings. The third-order valence-electron chi connectivity index (χ3n) is 4.52. The molecule has 0 radical (unpaired) electrons. The van der Waals surface area contributed by atoms with E-state index >= 15 is 0 Å². The van der Waals surface area contributed by atoms with Crippen LogP contribution in [0.4, 0.5) is 0 Å². The topological polar surface area (TPSA) is 26.0 Å². The standard InChI is InChI=1S/C17H27N/c1-2-17(18,13-15-9-5-3-6-10-15)14-16-11-7-4-8-12-16/h3,5-6,9-10,16H,2,4,7-8,11-14,18H2,1H3. The smallest absolute Gasteiger partial charge is 0.0195 e. The Morgan fingerprint density at radius 3 is 2.39 bits per heavy atom. The summed E-state index contributed by atoms with van der Waals surface area (Å²) in [5.41, 5.74) is 8.05. The van der Waals surface area contributed by atoms with E-state index < -0.39 is 0 Å². The average Bonchev–Trinajstić information content (AvgIpc) is 2.41. The minimum atomic E-state index is 0.00333. The van der Waals surface area contributed by atoms with Crippen molar-refractivity contribution in [3.8, 4) is 0 Å². The molecule has 1 heteroatoms. The third kappa shape index (κ3) is 3.84. The second-order valence-corrected chi connectivity index (χ2v) is 6.09.